The van der Waals surface area contributed by atoms with E-state index >= 15 is 0 Å². The monoisotopic (exact) mass is 387 g/mol. The topological polar surface area (TPSA) is 125 Å². The molecule has 0 unspecified atom stereocenters. The molecule has 28 heavy (non-hydrogen) atoms. The Morgan fingerprint density at radius 3 is 2.21 bits per heavy atom. The third-order valence-corrected chi connectivity index (χ3v) is 4.31. The van der Waals surface area contributed by atoms with Gasteiger partial charge < -0.3 is 20.6 Å². The van der Waals surface area contributed by atoms with Crippen molar-refractivity contribution in [3.63, 3.8) is 0 Å². The lowest BCUT2D eigenvalue weighted by Gasteiger charge is -2.32. The standard InChI is InChI=1S/C18H18FN5O4/c19-11-1-3-12(4-2-11)22-18(28)23-13-5-7-24(8-6-13)16(25)14-9-21-15(10-20-14)17(26)27/h1-4,9-10,13H,5-8H2,(H,26,27)(H2,22,23,28). The minimum atomic E-state index is -1.21. The molecule has 3 rings (SSSR count). The Balaban J connectivity index is 1.48. The van der Waals surface area contributed by atoms with Crippen molar-refractivity contribution >= 4 is 23.6 Å². The molecule has 1 aliphatic rings. The summed E-state index contributed by atoms with van der Waals surface area (Å²) in [6.45, 7) is 0.839. The van der Waals surface area contributed by atoms with Gasteiger partial charge in [-0.1, -0.05) is 0 Å². The number of rotatable bonds is 4. The van der Waals surface area contributed by atoms with Crippen molar-refractivity contribution in [2.24, 2.45) is 0 Å². The Kier molecular flexibility index (Phi) is 5.78. The third-order valence-electron chi connectivity index (χ3n) is 4.31. The van der Waals surface area contributed by atoms with Crippen LogP contribution in [-0.2, 0) is 0 Å². The number of hydrogen-bond acceptors (Lipinski definition) is 5. The van der Waals surface area contributed by atoms with E-state index in [9.17, 15) is 18.8 Å². The lowest BCUT2D eigenvalue weighted by atomic mass is 10.0. The number of nitrogens with one attached hydrogen (secondary N) is 2. The molecule has 0 radical (unpaired) electrons. The maximum absolute atomic E-state index is 12.9. The summed E-state index contributed by atoms with van der Waals surface area (Å²) in [5, 5.41) is 14.3. The molecular weight excluding hydrogens is 369 g/mol. The zero-order valence-electron chi connectivity index (χ0n) is 14.8. The van der Waals surface area contributed by atoms with E-state index in [1.807, 2.05) is 0 Å². The van der Waals surface area contributed by atoms with Crippen LogP contribution in [0.4, 0.5) is 14.9 Å². The number of amides is 3. The molecule has 1 aliphatic heterocycles. The summed E-state index contributed by atoms with van der Waals surface area (Å²) in [5.41, 5.74) is 0.326. The van der Waals surface area contributed by atoms with Crippen LogP contribution in [-0.4, -0.2) is 57.0 Å². The van der Waals surface area contributed by atoms with Crippen LogP contribution in [0.5, 0.6) is 0 Å². The molecule has 0 aliphatic carbocycles. The molecule has 10 heteroatoms. The van der Waals surface area contributed by atoms with Gasteiger partial charge in [-0.05, 0) is 37.1 Å². The Labute approximate surface area is 159 Å². The van der Waals surface area contributed by atoms with E-state index < -0.39 is 12.0 Å². The lowest BCUT2D eigenvalue weighted by molar-refractivity contribution is 0.0677. The molecule has 9 nitrogen and oxygen atoms in total. The summed E-state index contributed by atoms with van der Waals surface area (Å²) in [4.78, 5) is 44.4. The normalized spacial score (nSPS) is 14.4. The van der Waals surface area contributed by atoms with Crippen LogP contribution in [0.15, 0.2) is 36.7 Å². The van der Waals surface area contributed by atoms with Crippen LogP contribution < -0.4 is 10.6 Å². The second kappa shape index (κ2) is 8.42. The first-order chi connectivity index (χ1) is 13.4. The van der Waals surface area contributed by atoms with Crippen molar-refractivity contribution in [3.05, 3.63) is 53.9 Å². The zero-order valence-corrected chi connectivity index (χ0v) is 14.8. The van der Waals surface area contributed by atoms with Gasteiger partial charge in [0.05, 0.1) is 12.4 Å². The van der Waals surface area contributed by atoms with E-state index in [0.717, 1.165) is 12.4 Å². The SMILES string of the molecule is O=C(Nc1ccc(F)cc1)NC1CCN(C(=O)c2cnc(C(=O)O)cn2)CC1. The van der Waals surface area contributed by atoms with Crippen molar-refractivity contribution in [2.45, 2.75) is 18.9 Å². The average molecular weight is 387 g/mol. The highest BCUT2D eigenvalue weighted by Crippen LogP contribution is 2.14. The Hall–Kier alpha value is -3.56. The number of carboxylic acid groups (broad SMARTS) is 1. The van der Waals surface area contributed by atoms with Crippen LogP contribution in [0, 0.1) is 5.82 Å². The van der Waals surface area contributed by atoms with Crippen LogP contribution in [0.2, 0.25) is 0 Å². The zero-order chi connectivity index (χ0) is 20.1. The Bertz CT molecular complexity index is 865. The summed E-state index contributed by atoms with van der Waals surface area (Å²) in [6.07, 6.45) is 3.31. The lowest BCUT2D eigenvalue weighted by Crippen LogP contribution is -2.47. The van der Waals surface area contributed by atoms with E-state index in [-0.39, 0.29) is 29.2 Å². The van der Waals surface area contributed by atoms with Gasteiger partial charge in [-0.25, -0.2) is 23.9 Å². The molecule has 1 aromatic heterocycles. The molecule has 3 N–H and O–H groups in total. The maximum Gasteiger partial charge on any atom is 0.356 e. The molecule has 1 aromatic carbocycles. The number of carbonyl (C=O) groups excluding carboxylic acids is 2. The fraction of sp³-hybridized carbons (Fsp3) is 0.278. The summed E-state index contributed by atoms with van der Waals surface area (Å²) >= 11 is 0. The van der Waals surface area contributed by atoms with Crippen molar-refractivity contribution < 1.29 is 23.9 Å². The Morgan fingerprint density at radius 2 is 1.64 bits per heavy atom. The van der Waals surface area contributed by atoms with E-state index in [1.165, 1.54) is 24.3 Å². The van der Waals surface area contributed by atoms with E-state index in [2.05, 4.69) is 20.6 Å². The van der Waals surface area contributed by atoms with E-state index in [0.29, 0.717) is 31.6 Å². The minimum Gasteiger partial charge on any atom is -0.476 e. The fourth-order valence-corrected chi connectivity index (χ4v) is 2.82. The molecule has 1 saturated heterocycles. The predicted octanol–water partition coefficient (Wildman–Crippen LogP) is 1.74. The minimum absolute atomic E-state index is 0.0745. The average Bonchev–Trinajstić information content (AvgIpc) is 2.70. The van der Waals surface area contributed by atoms with Crippen molar-refractivity contribution in [2.75, 3.05) is 18.4 Å². The molecule has 2 heterocycles. The van der Waals surface area contributed by atoms with Gasteiger partial charge in [-0.3, -0.25) is 4.79 Å². The van der Waals surface area contributed by atoms with Gasteiger partial charge >= 0.3 is 12.0 Å². The van der Waals surface area contributed by atoms with Crippen LogP contribution in [0.3, 0.4) is 0 Å². The second-order valence-electron chi connectivity index (χ2n) is 6.26. The van der Waals surface area contributed by atoms with Gasteiger partial charge in [0.2, 0.25) is 0 Å². The number of carbonyl (C=O) groups is 3. The van der Waals surface area contributed by atoms with E-state index in [4.69, 9.17) is 5.11 Å². The van der Waals surface area contributed by atoms with Gasteiger partial charge in [0.15, 0.2) is 5.69 Å². The fourth-order valence-electron chi connectivity index (χ4n) is 2.82. The van der Waals surface area contributed by atoms with Gasteiger partial charge in [0.1, 0.15) is 11.5 Å². The number of anilines is 1. The first kappa shape index (κ1) is 19.2. The smallest absolute Gasteiger partial charge is 0.356 e. The molecule has 3 amide bonds. The summed E-state index contributed by atoms with van der Waals surface area (Å²) < 4.78 is 12.9. The van der Waals surface area contributed by atoms with Gasteiger partial charge in [0.25, 0.3) is 5.91 Å². The summed E-state index contributed by atoms with van der Waals surface area (Å²) in [6, 6.07) is 4.94. The van der Waals surface area contributed by atoms with E-state index in [1.54, 1.807) is 4.90 Å². The quantitative estimate of drug-likeness (QED) is 0.734. The molecular formula is C18H18FN5O4. The highest BCUT2D eigenvalue weighted by molar-refractivity contribution is 5.93. The number of nitrogens with zero attached hydrogens (tertiary/aromatic N) is 3. The number of aromatic carboxylic acids is 1. The Morgan fingerprint density at radius 1 is 1.04 bits per heavy atom. The molecule has 1 fully saturated rings. The number of urea groups is 1. The molecule has 146 valence electrons. The van der Waals surface area contributed by atoms with Crippen molar-refractivity contribution in [1.82, 2.24) is 20.2 Å². The highest BCUT2D eigenvalue weighted by atomic mass is 19.1. The number of benzene rings is 1. The van der Waals surface area contributed by atoms with Gasteiger partial charge in [0, 0.05) is 24.8 Å². The van der Waals surface area contributed by atoms with Crippen LogP contribution in [0.25, 0.3) is 0 Å². The summed E-state index contributed by atoms with van der Waals surface area (Å²) in [5.74, 6) is -1.93. The maximum atomic E-state index is 12.9. The number of hydrogen-bond donors (Lipinski definition) is 3. The molecule has 0 saturated carbocycles. The van der Waals surface area contributed by atoms with Crippen molar-refractivity contribution in [3.8, 4) is 0 Å². The first-order valence-corrected chi connectivity index (χ1v) is 8.60. The first-order valence-electron chi connectivity index (χ1n) is 8.60. The van der Waals surface area contributed by atoms with Crippen molar-refractivity contribution in [1.29, 1.82) is 0 Å². The molecule has 0 atom stereocenters. The predicted molar refractivity (Wildman–Crippen MR) is 96.5 cm³/mol. The second-order valence-corrected chi connectivity index (χ2v) is 6.26. The number of aromatic nitrogens is 2. The molecule has 2 aromatic rings. The number of carboxylic acids is 1. The largest absolute Gasteiger partial charge is 0.476 e. The highest BCUT2D eigenvalue weighted by Gasteiger charge is 2.25. The molecule has 0 spiro atoms. The van der Waals surface area contributed by atoms with Gasteiger partial charge in [-0.2, -0.15) is 0 Å². The van der Waals surface area contributed by atoms with Crippen LogP contribution in [0.1, 0.15) is 33.8 Å². The third kappa shape index (κ3) is 4.78. The number of halogens is 1. The molecule has 0 bridgehead atoms. The number of piperidine rings is 1. The number of likely N-dealkylation sites (tertiary alicyclic amines) is 1. The van der Waals surface area contributed by atoms with Crippen LogP contribution >= 0.6 is 0 Å². The van der Waals surface area contributed by atoms with Gasteiger partial charge in [-0.15, -0.1) is 0 Å². The summed E-state index contributed by atoms with van der Waals surface area (Å²) in [7, 11) is 0.